The summed E-state index contributed by atoms with van der Waals surface area (Å²) in [6, 6.07) is 6.32. The molecule has 2 aliphatic rings. The molecule has 2 fully saturated rings. The fraction of sp³-hybridized carbons (Fsp3) is 0.556. The average Bonchev–Trinajstić information content (AvgIpc) is 3.05. The van der Waals surface area contributed by atoms with Gasteiger partial charge in [0.05, 0.1) is 11.3 Å². The number of piperidine rings is 1. The molecule has 1 amide bonds. The minimum atomic E-state index is -0.839. The van der Waals surface area contributed by atoms with Crippen molar-refractivity contribution in [2.75, 3.05) is 13.1 Å². The number of carboxylic acids is 1. The van der Waals surface area contributed by atoms with Crippen LogP contribution >= 0.6 is 0 Å². The Kier molecular flexibility index (Phi) is 4.37. The molecular formula is C18H22FNO3. The Morgan fingerprint density at radius 3 is 2.61 bits per heavy atom. The van der Waals surface area contributed by atoms with Crippen molar-refractivity contribution < 1.29 is 19.1 Å². The molecule has 0 aromatic heterocycles. The Labute approximate surface area is 135 Å². The molecule has 0 radical (unpaired) electrons. The maximum absolute atomic E-state index is 13.7. The molecule has 1 heterocycles. The summed E-state index contributed by atoms with van der Waals surface area (Å²) < 4.78 is 13.7. The Morgan fingerprint density at radius 1 is 1.22 bits per heavy atom. The second-order valence-electron chi connectivity index (χ2n) is 6.73. The van der Waals surface area contributed by atoms with Gasteiger partial charge in [-0.15, -0.1) is 0 Å². The Balaban J connectivity index is 1.89. The fourth-order valence-electron chi connectivity index (χ4n) is 4.06. The average molecular weight is 319 g/mol. The summed E-state index contributed by atoms with van der Waals surface area (Å²) in [5, 5.41) is 9.23. The lowest BCUT2D eigenvalue weighted by Gasteiger charge is -2.38. The number of carbonyl (C=O) groups excluding carboxylic acids is 1. The summed E-state index contributed by atoms with van der Waals surface area (Å²) in [5.74, 6) is -1.68. The lowest BCUT2D eigenvalue weighted by molar-refractivity contribution is -0.147. The van der Waals surface area contributed by atoms with Crippen LogP contribution in [0.4, 0.5) is 4.39 Å². The number of amides is 1. The van der Waals surface area contributed by atoms with E-state index in [4.69, 9.17) is 0 Å². The molecule has 1 aliphatic heterocycles. The molecule has 1 aromatic carbocycles. The Morgan fingerprint density at radius 2 is 1.96 bits per heavy atom. The summed E-state index contributed by atoms with van der Waals surface area (Å²) in [7, 11) is 0. The molecule has 4 nitrogen and oxygen atoms in total. The minimum absolute atomic E-state index is 0.0217. The van der Waals surface area contributed by atoms with E-state index in [1.165, 1.54) is 12.1 Å². The molecule has 124 valence electrons. The molecule has 5 heteroatoms. The highest BCUT2D eigenvalue weighted by Gasteiger charge is 2.46. The topological polar surface area (TPSA) is 57.6 Å². The molecule has 1 N–H and O–H groups in total. The molecule has 1 atom stereocenters. The van der Waals surface area contributed by atoms with Crippen LogP contribution in [0.5, 0.6) is 0 Å². The van der Waals surface area contributed by atoms with E-state index in [9.17, 15) is 19.1 Å². The highest BCUT2D eigenvalue weighted by Crippen LogP contribution is 2.43. The summed E-state index contributed by atoms with van der Waals surface area (Å²) in [4.78, 5) is 26.2. The largest absolute Gasteiger partial charge is 0.481 e. The SMILES string of the molecule is O=C(O)C1CCCN(C(=O)C2(c3cccc(F)c3)CCCC2)C1. The highest BCUT2D eigenvalue weighted by atomic mass is 19.1. The van der Waals surface area contributed by atoms with Crippen molar-refractivity contribution in [2.45, 2.75) is 43.9 Å². The van der Waals surface area contributed by atoms with Gasteiger partial charge in [-0.1, -0.05) is 25.0 Å². The number of benzene rings is 1. The van der Waals surface area contributed by atoms with Crippen LogP contribution in [-0.4, -0.2) is 35.0 Å². The lowest BCUT2D eigenvalue weighted by atomic mass is 9.77. The molecule has 3 rings (SSSR count). The number of rotatable bonds is 3. The van der Waals surface area contributed by atoms with Gasteiger partial charge in [-0.25, -0.2) is 4.39 Å². The van der Waals surface area contributed by atoms with E-state index >= 15 is 0 Å². The van der Waals surface area contributed by atoms with Gasteiger partial charge in [-0.3, -0.25) is 9.59 Å². The first-order chi connectivity index (χ1) is 11.0. The molecule has 23 heavy (non-hydrogen) atoms. The van der Waals surface area contributed by atoms with Gasteiger partial charge in [0.1, 0.15) is 5.82 Å². The van der Waals surface area contributed by atoms with Crippen molar-refractivity contribution in [1.29, 1.82) is 0 Å². The number of halogens is 1. The minimum Gasteiger partial charge on any atom is -0.481 e. The van der Waals surface area contributed by atoms with Gasteiger partial charge in [-0.05, 0) is 43.4 Å². The second-order valence-corrected chi connectivity index (χ2v) is 6.73. The highest BCUT2D eigenvalue weighted by molar-refractivity contribution is 5.89. The second kappa shape index (κ2) is 6.30. The van der Waals surface area contributed by atoms with E-state index in [-0.39, 0.29) is 18.3 Å². The first-order valence-electron chi connectivity index (χ1n) is 8.31. The lowest BCUT2D eigenvalue weighted by Crippen LogP contribution is -2.50. The summed E-state index contributed by atoms with van der Waals surface area (Å²) >= 11 is 0. The van der Waals surface area contributed by atoms with E-state index in [0.29, 0.717) is 32.2 Å². The molecule has 0 bridgehead atoms. The predicted octanol–water partition coefficient (Wildman–Crippen LogP) is 2.96. The van der Waals surface area contributed by atoms with Gasteiger partial charge < -0.3 is 10.0 Å². The predicted molar refractivity (Wildman–Crippen MR) is 83.5 cm³/mol. The third-order valence-electron chi connectivity index (χ3n) is 5.30. The third-order valence-corrected chi connectivity index (χ3v) is 5.30. The third kappa shape index (κ3) is 2.96. The van der Waals surface area contributed by atoms with Crippen LogP contribution in [-0.2, 0) is 15.0 Å². The van der Waals surface area contributed by atoms with E-state index in [1.54, 1.807) is 11.0 Å². The monoisotopic (exact) mass is 319 g/mol. The number of hydrogen-bond acceptors (Lipinski definition) is 2. The van der Waals surface area contributed by atoms with E-state index in [0.717, 1.165) is 18.4 Å². The fourth-order valence-corrected chi connectivity index (χ4v) is 4.06. The van der Waals surface area contributed by atoms with E-state index < -0.39 is 17.3 Å². The van der Waals surface area contributed by atoms with Crippen LogP contribution in [0.2, 0.25) is 0 Å². The van der Waals surface area contributed by atoms with Crippen molar-refractivity contribution in [1.82, 2.24) is 4.90 Å². The molecule has 1 aliphatic carbocycles. The zero-order valence-corrected chi connectivity index (χ0v) is 13.1. The number of hydrogen-bond donors (Lipinski definition) is 1. The number of carboxylic acid groups (broad SMARTS) is 1. The van der Waals surface area contributed by atoms with Crippen molar-refractivity contribution in [3.8, 4) is 0 Å². The molecule has 1 aromatic rings. The van der Waals surface area contributed by atoms with Crippen molar-refractivity contribution in [3.05, 3.63) is 35.6 Å². The summed E-state index contributed by atoms with van der Waals surface area (Å²) in [6.45, 7) is 0.866. The van der Waals surface area contributed by atoms with Crippen LogP contribution in [0.1, 0.15) is 44.1 Å². The molecule has 1 unspecified atom stereocenters. The van der Waals surface area contributed by atoms with Crippen LogP contribution in [0.15, 0.2) is 24.3 Å². The zero-order chi connectivity index (χ0) is 16.4. The number of likely N-dealkylation sites (tertiary alicyclic amines) is 1. The van der Waals surface area contributed by atoms with Crippen LogP contribution in [0.25, 0.3) is 0 Å². The van der Waals surface area contributed by atoms with Crippen molar-refractivity contribution in [3.63, 3.8) is 0 Å². The van der Waals surface area contributed by atoms with Crippen LogP contribution in [0, 0.1) is 11.7 Å². The summed E-state index contributed by atoms with van der Waals surface area (Å²) in [5.41, 5.74) is 0.0557. The summed E-state index contributed by atoms with van der Waals surface area (Å²) in [6.07, 6.45) is 4.64. The number of nitrogens with zero attached hydrogens (tertiary/aromatic N) is 1. The van der Waals surface area contributed by atoms with Gasteiger partial charge >= 0.3 is 5.97 Å². The van der Waals surface area contributed by atoms with Gasteiger partial charge in [0.25, 0.3) is 0 Å². The Bertz CT molecular complexity index is 610. The smallest absolute Gasteiger partial charge is 0.308 e. The standard InChI is InChI=1S/C18H22FNO3/c19-15-7-3-6-14(11-15)18(8-1-2-9-18)17(23)20-10-4-5-13(12-20)16(21)22/h3,6-7,11,13H,1-2,4-5,8-10,12H2,(H,21,22). The first kappa shape index (κ1) is 16.0. The molecule has 0 spiro atoms. The molecular weight excluding hydrogens is 297 g/mol. The maximum atomic E-state index is 13.7. The van der Waals surface area contributed by atoms with Gasteiger partial charge in [0, 0.05) is 13.1 Å². The maximum Gasteiger partial charge on any atom is 0.308 e. The van der Waals surface area contributed by atoms with Crippen LogP contribution < -0.4 is 0 Å². The van der Waals surface area contributed by atoms with Crippen molar-refractivity contribution in [2.24, 2.45) is 5.92 Å². The molecule has 1 saturated heterocycles. The molecule has 1 saturated carbocycles. The van der Waals surface area contributed by atoms with Crippen LogP contribution in [0.3, 0.4) is 0 Å². The number of carbonyl (C=O) groups is 2. The van der Waals surface area contributed by atoms with Gasteiger partial charge in [0.15, 0.2) is 0 Å². The quantitative estimate of drug-likeness (QED) is 0.932. The van der Waals surface area contributed by atoms with Crippen molar-refractivity contribution >= 4 is 11.9 Å². The Hall–Kier alpha value is -1.91. The van der Waals surface area contributed by atoms with E-state index in [2.05, 4.69) is 0 Å². The first-order valence-corrected chi connectivity index (χ1v) is 8.31. The normalized spacial score (nSPS) is 23.7. The van der Waals surface area contributed by atoms with Gasteiger partial charge in [0.2, 0.25) is 5.91 Å². The van der Waals surface area contributed by atoms with Gasteiger partial charge in [-0.2, -0.15) is 0 Å². The number of aliphatic carboxylic acids is 1. The zero-order valence-electron chi connectivity index (χ0n) is 13.1. The van der Waals surface area contributed by atoms with E-state index in [1.807, 2.05) is 6.07 Å².